The van der Waals surface area contributed by atoms with Crippen LogP contribution in [0.4, 0.5) is 5.69 Å². The summed E-state index contributed by atoms with van der Waals surface area (Å²) in [7, 11) is 0. The highest BCUT2D eigenvalue weighted by Crippen LogP contribution is 2.36. The Balaban J connectivity index is 1.83. The van der Waals surface area contributed by atoms with Crippen LogP contribution in [0, 0.1) is 0 Å². The maximum atomic E-state index is 6.15. The number of benzene rings is 1. The summed E-state index contributed by atoms with van der Waals surface area (Å²) in [4.78, 5) is 4.36. The number of hydrogen-bond acceptors (Lipinski definition) is 5. The van der Waals surface area contributed by atoms with Crippen molar-refractivity contribution in [3.8, 4) is 11.5 Å². The quantitative estimate of drug-likeness (QED) is 0.869. The summed E-state index contributed by atoms with van der Waals surface area (Å²) in [6.45, 7) is 0.794. The normalized spacial score (nSPS) is 18.9. The summed E-state index contributed by atoms with van der Waals surface area (Å²) in [5.41, 5.74) is 6.76. The molecule has 1 atom stereocenters. The van der Waals surface area contributed by atoms with E-state index in [1.165, 1.54) is 6.42 Å². The van der Waals surface area contributed by atoms with Crippen molar-refractivity contribution in [3.05, 3.63) is 28.0 Å². The van der Waals surface area contributed by atoms with Gasteiger partial charge in [0.15, 0.2) is 5.82 Å². The van der Waals surface area contributed by atoms with Crippen LogP contribution in [0.5, 0.6) is 0 Å². The van der Waals surface area contributed by atoms with E-state index in [0.29, 0.717) is 33.5 Å². The number of nitrogens with zero attached hydrogens (tertiary/aromatic N) is 2. The van der Waals surface area contributed by atoms with Gasteiger partial charge in [-0.1, -0.05) is 28.4 Å². The highest BCUT2D eigenvalue weighted by atomic mass is 35.5. The zero-order valence-electron chi connectivity index (χ0n) is 11.3. The molecule has 7 heteroatoms. The second-order valence-corrected chi connectivity index (χ2v) is 5.84. The monoisotopic (exact) mass is 327 g/mol. The second-order valence-electron chi connectivity index (χ2n) is 5.03. The molecule has 0 radical (unpaired) electrons. The Morgan fingerprint density at radius 1 is 1.24 bits per heavy atom. The van der Waals surface area contributed by atoms with Crippen LogP contribution in [-0.4, -0.2) is 22.9 Å². The summed E-state index contributed by atoms with van der Waals surface area (Å²) in [6.07, 6.45) is 4.08. The van der Waals surface area contributed by atoms with Crippen LogP contribution in [0.15, 0.2) is 16.7 Å². The molecule has 1 aliphatic heterocycles. The fourth-order valence-electron chi connectivity index (χ4n) is 2.40. The van der Waals surface area contributed by atoms with Gasteiger partial charge < -0.3 is 15.0 Å². The minimum atomic E-state index is 0.149. The Hall–Kier alpha value is -1.30. The number of aromatic nitrogens is 2. The zero-order valence-corrected chi connectivity index (χ0v) is 12.8. The van der Waals surface area contributed by atoms with Gasteiger partial charge in [-0.2, -0.15) is 4.98 Å². The van der Waals surface area contributed by atoms with Crippen molar-refractivity contribution in [2.45, 2.75) is 31.8 Å². The highest BCUT2D eigenvalue weighted by Gasteiger charge is 2.21. The summed E-state index contributed by atoms with van der Waals surface area (Å²) in [5.74, 6) is 0.873. The number of hydrogen-bond donors (Lipinski definition) is 1. The van der Waals surface area contributed by atoms with Gasteiger partial charge in [0, 0.05) is 13.0 Å². The van der Waals surface area contributed by atoms with Gasteiger partial charge in [0.2, 0.25) is 0 Å². The third-order valence-electron chi connectivity index (χ3n) is 3.51. The van der Waals surface area contributed by atoms with E-state index in [-0.39, 0.29) is 12.0 Å². The number of ether oxygens (including phenoxy) is 1. The molecule has 0 bridgehead atoms. The Bertz CT molecular complexity index is 639. The lowest BCUT2D eigenvalue weighted by atomic mass is 10.1. The number of nitrogen functional groups attached to an aromatic ring is 1. The van der Waals surface area contributed by atoms with E-state index in [2.05, 4.69) is 10.1 Å². The molecule has 2 N–H and O–H groups in total. The molecule has 21 heavy (non-hydrogen) atoms. The largest absolute Gasteiger partial charge is 0.397 e. The van der Waals surface area contributed by atoms with Gasteiger partial charge in [0.1, 0.15) is 0 Å². The first kappa shape index (κ1) is 14.6. The van der Waals surface area contributed by atoms with Crippen LogP contribution in [0.3, 0.4) is 0 Å². The zero-order chi connectivity index (χ0) is 14.8. The predicted octanol–water partition coefficient (Wildman–Crippen LogP) is 3.74. The number of anilines is 1. The maximum absolute atomic E-state index is 6.15. The summed E-state index contributed by atoms with van der Waals surface area (Å²) < 4.78 is 10.9. The minimum absolute atomic E-state index is 0.149. The fourth-order valence-corrected chi connectivity index (χ4v) is 2.80. The maximum Gasteiger partial charge on any atom is 0.261 e. The highest BCUT2D eigenvalue weighted by molar-refractivity contribution is 6.37. The Kier molecular flexibility index (Phi) is 4.33. The molecule has 1 aromatic heterocycles. The van der Waals surface area contributed by atoms with Crippen molar-refractivity contribution in [2.75, 3.05) is 12.3 Å². The van der Waals surface area contributed by atoms with E-state index >= 15 is 0 Å². The lowest BCUT2D eigenvalue weighted by Crippen LogP contribution is -2.21. The van der Waals surface area contributed by atoms with Crippen LogP contribution < -0.4 is 5.73 Å². The number of halogens is 2. The molecule has 1 saturated heterocycles. The summed E-state index contributed by atoms with van der Waals surface area (Å²) in [6, 6.07) is 3.29. The molecular formula is C14H15Cl2N3O2. The van der Waals surface area contributed by atoms with E-state index in [1.807, 2.05) is 0 Å². The first-order valence-corrected chi connectivity index (χ1v) is 7.59. The molecule has 3 rings (SSSR count). The molecule has 1 aromatic carbocycles. The molecule has 1 fully saturated rings. The van der Waals surface area contributed by atoms with Crippen molar-refractivity contribution < 1.29 is 9.26 Å². The van der Waals surface area contributed by atoms with Gasteiger partial charge in [-0.05, 0) is 31.4 Å². The summed E-state index contributed by atoms with van der Waals surface area (Å²) in [5, 5.41) is 4.81. The summed E-state index contributed by atoms with van der Waals surface area (Å²) >= 11 is 12.2. The molecule has 112 valence electrons. The Morgan fingerprint density at radius 3 is 2.81 bits per heavy atom. The molecule has 2 heterocycles. The number of nitrogens with two attached hydrogens (primary N) is 1. The first-order chi connectivity index (χ1) is 10.1. The second kappa shape index (κ2) is 6.22. The molecule has 0 amide bonds. The van der Waals surface area contributed by atoms with Gasteiger partial charge in [0.05, 0.1) is 27.4 Å². The molecule has 5 nitrogen and oxygen atoms in total. The number of rotatable bonds is 3. The Labute approximate surface area is 132 Å². The van der Waals surface area contributed by atoms with Crippen molar-refractivity contribution in [1.82, 2.24) is 10.1 Å². The van der Waals surface area contributed by atoms with Gasteiger partial charge in [-0.25, -0.2) is 0 Å². The van der Waals surface area contributed by atoms with E-state index in [4.69, 9.17) is 38.2 Å². The average Bonchev–Trinajstić information content (AvgIpc) is 2.93. The average molecular weight is 328 g/mol. The lowest BCUT2D eigenvalue weighted by Gasteiger charge is -2.20. The van der Waals surface area contributed by atoms with Gasteiger partial charge in [-0.15, -0.1) is 0 Å². The first-order valence-electron chi connectivity index (χ1n) is 6.83. The van der Waals surface area contributed by atoms with Gasteiger partial charge in [0.25, 0.3) is 5.89 Å². The molecule has 0 saturated carbocycles. The van der Waals surface area contributed by atoms with E-state index in [0.717, 1.165) is 19.4 Å². The van der Waals surface area contributed by atoms with Crippen LogP contribution in [0.1, 0.15) is 25.1 Å². The third-order valence-corrected chi connectivity index (χ3v) is 4.15. The molecule has 0 aliphatic carbocycles. The SMILES string of the molecule is Nc1c(Cl)ccc(Cl)c1-c1nc(CC2CCCCO2)no1. The van der Waals surface area contributed by atoms with Gasteiger partial charge in [-0.3, -0.25) is 0 Å². The van der Waals surface area contributed by atoms with Crippen LogP contribution >= 0.6 is 23.2 Å². The van der Waals surface area contributed by atoms with Crippen LogP contribution in [-0.2, 0) is 11.2 Å². The van der Waals surface area contributed by atoms with Crippen molar-refractivity contribution in [3.63, 3.8) is 0 Å². The molecule has 0 spiro atoms. The standard InChI is InChI=1S/C14H15Cl2N3O2/c15-9-4-5-10(16)13(17)12(9)14-18-11(19-21-14)7-8-3-1-2-6-20-8/h4-5,8H,1-3,6-7,17H2. The van der Waals surface area contributed by atoms with Crippen LogP contribution in [0.25, 0.3) is 11.5 Å². The van der Waals surface area contributed by atoms with Crippen molar-refractivity contribution >= 4 is 28.9 Å². The van der Waals surface area contributed by atoms with Crippen LogP contribution in [0.2, 0.25) is 10.0 Å². The lowest BCUT2D eigenvalue weighted by molar-refractivity contribution is 0.0153. The smallest absolute Gasteiger partial charge is 0.261 e. The molecule has 1 aliphatic rings. The van der Waals surface area contributed by atoms with E-state index < -0.39 is 0 Å². The van der Waals surface area contributed by atoms with E-state index in [9.17, 15) is 0 Å². The van der Waals surface area contributed by atoms with Gasteiger partial charge >= 0.3 is 0 Å². The topological polar surface area (TPSA) is 74.2 Å². The minimum Gasteiger partial charge on any atom is -0.397 e. The van der Waals surface area contributed by atoms with E-state index in [1.54, 1.807) is 12.1 Å². The molecular weight excluding hydrogens is 313 g/mol. The predicted molar refractivity (Wildman–Crippen MR) is 81.5 cm³/mol. The van der Waals surface area contributed by atoms with Crippen molar-refractivity contribution in [1.29, 1.82) is 0 Å². The Morgan fingerprint density at radius 2 is 2.05 bits per heavy atom. The fraction of sp³-hybridized carbons (Fsp3) is 0.429. The third kappa shape index (κ3) is 3.15. The molecule has 1 unspecified atom stereocenters. The van der Waals surface area contributed by atoms with Crippen molar-refractivity contribution in [2.24, 2.45) is 0 Å². The molecule has 2 aromatic rings.